The van der Waals surface area contributed by atoms with Crippen LogP contribution in [0.4, 0.5) is 5.69 Å². The minimum atomic E-state index is -3.14. The molecule has 10 nitrogen and oxygen atoms in total. The van der Waals surface area contributed by atoms with Gasteiger partial charge in [-0.2, -0.15) is 0 Å². The van der Waals surface area contributed by atoms with Gasteiger partial charge in [0.15, 0.2) is 9.84 Å². The molecule has 3 fully saturated rings. The predicted molar refractivity (Wildman–Crippen MR) is 105 cm³/mol. The van der Waals surface area contributed by atoms with Crippen molar-refractivity contribution in [1.29, 1.82) is 0 Å². The van der Waals surface area contributed by atoms with Gasteiger partial charge in [0.2, 0.25) is 11.8 Å². The van der Waals surface area contributed by atoms with Crippen molar-refractivity contribution in [2.24, 2.45) is 0 Å². The first-order valence-electron chi connectivity index (χ1n) is 9.81. The fourth-order valence-corrected chi connectivity index (χ4v) is 6.78. The number of fused-ring (bicyclic) bond motifs is 2. The molecule has 0 spiro atoms. The Hall–Kier alpha value is -2.79. The highest BCUT2D eigenvalue weighted by molar-refractivity contribution is 7.91. The third-order valence-electron chi connectivity index (χ3n) is 6.24. The molecule has 4 aliphatic rings. The van der Waals surface area contributed by atoms with Gasteiger partial charge in [-0.05, 0) is 24.6 Å². The number of benzene rings is 1. The van der Waals surface area contributed by atoms with Crippen molar-refractivity contribution in [3.63, 3.8) is 0 Å². The zero-order chi connectivity index (χ0) is 21.2. The van der Waals surface area contributed by atoms with Crippen molar-refractivity contribution in [3.05, 3.63) is 29.3 Å². The first-order valence-corrected chi connectivity index (χ1v) is 11.6. The zero-order valence-electron chi connectivity index (χ0n) is 16.0. The van der Waals surface area contributed by atoms with E-state index < -0.39 is 39.5 Å². The van der Waals surface area contributed by atoms with E-state index in [9.17, 15) is 27.6 Å². The van der Waals surface area contributed by atoms with Crippen LogP contribution in [0.3, 0.4) is 0 Å². The second-order valence-electron chi connectivity index (χ2n) is 8.08. The molecule has 3 saturated heterocycles. The van der Waals surface area contributed by atoms with Crippen molar-refractivity contribution >= 4 is 39.2 Å². The van der Waals surface area contributed by atoms with Crippen LogP contribution in [0.25, 0.3) is 0 Å². The van der Waals surface area contributed by atoms with E-state index in [2.05, 4.69) is 10.6 Å². The number of sulfone groups is 1. The van der Waals surface area contributed by atoms with Crippen molar-refractivity contribution in [2.45, 2.75) is 31.0 Å². The molecule has 0 aromatic heterocycles. The van der Waals surface area contributed by atoms with Gasteiger partial charge in [0.1, 0.15) is 6.04 Å². The van der Waals surface area contributed by atoms with E-state index in [1.807, 2.05) is 4.90 Å². The van der Waals surface area contributed by atoms with Gasteiger partial charge in [-0.1, -0.05) is 0 Å². The summed E-state index contributed by atoms with van der Waals surface area (Å²) in [6.07, 6.45) is 0.162. The molecule has 11 heteroatoms. The van der Waals surface area contributed by atoms with Crippen LogP contribution >= 0.6 is 0 Å². The molecule has 1 unspecified atom stereocenters. The maximum atomic E-state index is 13.0. The molecule has 3 atom stereocenters. The second kappa shape index (κ2) is 6.61. The molecular weight excluding hydrogens is 412 g/mol. The van der Waals surface area contributed by atoms with Crippen LogP contribution in [0.15, 0.2) is 18.2 Å². The minimum absolute atomic E-state index is 0.0387. The third-order valence-corrected chi connectivity index (χ3v) is 7.95. The molecule has 0 bridgehead atoms. The molecule has 5 rings (SSSR count). The first-order chi connectivity index (χ1) is 14.2. The van der Waals surface area contributed by atoms with Crippen LogP contribution in [0, 0.1) is 0 Å². The summed E-state index contributed by atoms with van der Waals surface area (Å²) < 4.78 is 24.2. The van der Waals surface area contributed by atoms with E-state index in [1.54, 1.807) is 18.2 Å². The number of carbonyl (C=O) groups excluding carboxylic acids is 4. The largest absolute Gasteiger partial charge is 0.365 e. The Morgan fingerprint density at radius 2 is 1.77 bits per heavy atom. The van der Waals surface area contributed by atoms with E-state index in [4.69, 9.17) is 0 Å². The third kappa shape index (κ3) is 2.91. The number of hydrogen-bond acceptors (Lipinski definition) is 8. The quantitative estimate of drug-likeness (QED) is 0.549. The molecule has 0 saturated carbocycles. The molecule has 30 heavy (non-hydrogen) atoms. The molecular formula is C19H20N4O6S. The monoisotopic (exact) mass is 432 g/mol. The molecule has 1 aromatic carbocycles. The normalized spacial score (nSPS) is 30.3. The van der Waals surface area contributed by atoms with Crippen LogP contribution in [0.1, 0.15) is 33.6 Å². The lowest BCUT2D eigenvalue weighted by atomic mass is 10.0. The maximum Gasteiger partial charge on any atom is 0.262 e. The smallest absolute Gasteiger partial charge is 0.262 e. The standard InChI is InChI=1S/C19H20N4O6S/c24-16-4-3-14(17(25)21-16)23-18(26)11-2-1-10(7-12(11)19(23)27)22-6-5-20-13-8-30(28,29)9-15(13)22/h1-2,7,13-15,20H,3-6,8-9H2,(H,21,24,25)/t13-,14?,15+/m1/s1. The van der Waals surface area contributed by atoms with Crippen LogP contribution in [-0.2, 0) is 19.4 Å². The van der Waals surface area contributed by atoms with Gasteiger partial charge in [-0.3, -0.25) is 29.4 Å². The minimum Gasteiger partial charge on any atom is -0.365 e. The Morgan fingerprint density at radius 3 is 2.53 bits per heavy atom. The van der Waals surface area contributed by atoms with E-state index in [0.29, 0.717) is 18.8 Å². The summed E-state index contributed by atoms with van der Waals surface area (Å²) in [5.74, 6) is -2.08. The fraction of sp³-hybridized carbons (Fsp3) is 0.474. The predicted octanol–water partition coefficient (Wildman–Crippen LogP) is -1.34. The van der Waals surface area contributed by atoms with Crippen LogP contribution < -0.4 is 15.5 Å². The van der Waals surface area contributed by atoms with Crippen molar-refractivity contribution in [3.8, 4) is 0 Å². The number of piperazine rings is 1. The molecule has 0 aliphatic carbocycles. The summed E-state index contributed by atoms with van der Waals surface area (Å²) in [6.45, 7) is 1.19. The topological polar surface area (TPSA) is 133 Å². The average Bonchev–Trinajstić information content (AvgIpc) is 3.14. The number of hydrogen-bond donors (Lipinski definition) is 2. The van der Waals surface area contributed by atoms with Crippen LogP contribution in [0.5, 0.6) is 0 Å². The Bertz CT molecular complexity index is 1100. The lowest BCUT2D eigenvalue weighted by Crippen LogP contribution is -2.57. The van der Waals surface area contributed by atoms with Crippen molar-refractivity contribution < 1.29 is 27.6 Å². The molecule has 1 aromatic rings. The highest BCUT2D eigenvalue weighted by Gasteiger charge is 2.46. The van der Waals surface area contributed by atoms with Gasteiger partial charge in [0, 0.05) is 31.2 Å². The van der Waals surface area contributed by atoms with Gasteiger partial charge < -0.3 is 10.2 Å². The fourth-order valence-electron chi connectivity index (χ4n) is 4.83. The molecule has 4 aliphatic heterocycles. The van der Waals surface area contributed by atoms with Crippen LogP contribution in [-0.4, -0.2) is 79.7 Å². The summed E-state index contributed by atoms with van der Waals surface area (Å²) in [4.78, 5) is 52.3. The van der Waals surface area contributed by atoms with Gasteiger partial charge in [0.25, 0.3) is 11.8 Å². The Balaban J connectivity index is 1.45. The Morgan fingerprint density at radius 1 is 1.00 bits per heavy atom. The van der Waals surface area contributed by atoms with Crippen LogP contribution in [0.2, 0.25) is 0 Å². The number of piperidine rings is 1. The average molecular weight is 432 g/mol. The van der Waals surface area contributed by atoms with E-state index >= 15 is 0 Å². The molecule has 4 amide bonds. The summed E-state index contributed by atoms with van der Waals surface area (Å²) >= 11 is 0. The molecule has 2 N–H and O–H groups in total. The zero-order valence-corrected chi connectivity index (χ0v) is 16.8. The number of nitrogens with zero attached hydrogens (tertiary/aromatic N) is 2. The molecule has 158 valence electrons. The Kier molecular flexibility index (Phi) is 4.23. The summed E-state index contributed by atoms with van der Waals surface area (Å²) in [5.41, 5.74) is 1.07. The number of nitrogens with one attached hydrogen (secondary N) is 2. The van der Waals surface area contributed by atoms with Gasteiger partial charge >= 0.3 is 0 Å². The number of anilines is 1. The second-order valence-corrected chi connectivity index (χ2v) is 10.2. The maximum absolute atomic E-state index is 13.0. The summed E-state index contributed by atoms with van der Waals surface area (Å²) in [7, 11) is -3.14. The van der Waals surface area contributed by atoms with Crippen molar-refractivity contribution in [2.75, 3.05) is 29.5 Å². The summed E-state index contributed by atoms with van der Waals surface area (Å²) in [6, 6.07) is 3.45. The van der Waals surface area contributed by atoms with Gasteiger partial charge in [-0.25, -0.2) is 8.42 Å². The highest BCUT2D eigenvalue weighted by Crippen LogP contribution is 2.33. The number of amides is 4. The SMILES string of the molecule is O=C1CCC(N2C(=O)c3ccc(N4CCN[C@@H]5CS(=O)(=O)C[C@@H]54)cc3C2=O)C(=O)N1. The lowest BCUT2D eigenvalue weighted by molar-refractivity contribution is -0.136. The van der Waals surface area contributed by atoms with Gasteiger partial charge in [-0.15, -0.1) is 0 Å². The molecule has 0 radical (unpaired) electrons. The first kappa shape index (κ1) is 19.2. The number of carbonyl (C=O) groups is 4. The molecule has 4 heterocycles. The van der Waals surface area contributed by atoms with E-state index in [1.165, 1.54) is 0 Å². The highest BCUT2D eigenvalue weighted by atomic mass is 32.2. The Labute approximate surface area is 172 Å². The van der Waals surface area contributed by atoms with Gasteiger partial charge in [0.05, 0.1) is 28.7 Å². The van der Waals surface area contributed by atoms with Crippen molar-refractivity contribution in [1.82, 2.24) is 15.5 Å². The summed E-state index contributed by atoms with van der Waals surface area (Å²) in [5, 5.41) is 5.42. The van der Waals surface area contributed by atoms with E-state index in [-0.39, 0.29) is 47.6 Å². The number of imide groups is 2. The number of rotatable bonds is 2. The lowest BCUT2D eigenvalue weighted by Gasteiger charge is -2.39. The van der Waals surface area contributed by atoms with E-state index in [0.717, 1.165) is 4.90 Å².